The molecule has 0 N–H and O–H groups in total. The minimum Gasteiger partial charge on any atom is -0.422 e. The number of ether oxygens (including phenoxy) is 2. The van der Waals surface area contributed by atoms with E-state index in [-0.39, 0.29) is 44.9 Å². The maximum atomic E-state index is 13.5. The highest BCUT2D eigenvalue weighted by atomic mass is 35.5. The third-order valence-electron chi connectivity index (χ3n) is 5.56. The van der Waals surface area contributed by atoms with Crippen LogP contribution in [-0.2, 0) is 0 Å². The topological polar surface area (TPSA) is 86.7 Å². The smallest absolute Gasteiger partial charge is 0.343 e. The molecule has 0 aliphatic heterocycles. The second-order valence-corrected chi connectivity index (χ2v) is 8.68. The van der Waals surface area contributed by atoms with Gasteiger partial charge in [-0.25, -0.2) is 9.59 Å². The molecule has 1 aliphatic carbocycles. The zero-order chi connectivity index (χ0) is 25.4. The van der Waals surface area contributed by atoms with Crippen LogP contribution in [0.25, 0.3) is 0 Å². The first kappa shape index (κ1) is 23.5. The monoisotopic (exact) mass is 516 g/mol. The predicted octanol–water partition coefficient (Wildman–Crippen LogP) is 6.21. The molecule has 0 saturated carbocycles. The number of esters is 2. The lowest BCUT2D eigenvalue weighted by Crippen LogP contribution is -2.24. The third-order valence-corrected chi connectivity index (χ3v) is 6.07. The fourth-order valence-electron chi connectivity index (χ4n) is 3.82. The van der Waals surface area contributed by atoms with Crippen molar-refractivity contribution in [2.24, 2.45) is 0 Å². The standard InChI is InChI=1S/C28H14Cl2O6/c29-17-9-5-15(6-10-17)27(33)35-21-13-14-22(36-28(34)16-7-11-18(30)12-8-16)24-23(21)25(31)19-3-1-2-4-20(19)26(24)32/h1-14H. The lowest BCUT2D eigenvalue weighted by atomic mass is 9.83. The quantitative estimate of drug-likeness (QED) is 0.208. The van der Waals surface area contributed by atoms with Crippen LogP contribution in [-0.4, -0.2) is 23.5 Å². The predicted molar refractivity (Wildman–Crippen MR) is 133 cm³/mol. The van der Waals surface area contributed by atoms with E-state index in [1.807, 2.05) is 0 Å². The molecule has 0 saturated heterocycles. The van der Waals surface area contributed by atoms with Crippen molar-refractivity contribution in [2.75, 3.05) is 0 Å². The van der Waals surface area contributed by atoms with Gasteiger partial charge in [0.15, 0.2) is 11.6 Å². The minimum absolute atomic E-state index is 0.135. The summed E-state index contributed by atoms with van der Waals surface area (Å²) in [6, 6.07) is 20.9. The molecule has 0 amide bonds. The summed E-state index contributed by atoms with van der Waals surface area (Å²) in [7, 11) is 0. The van der Waals surface area contributed by atoms with Gasteiger partial charge in [-0.3, -0.25) is 9.59 Å². The van der Waals surface area contributed by atoms with Crippen molar-refractivity contribution in [3.8, 4) is 11.5 Å². The number of fused-ring (bicyclic) bond motifs is 2. The molecule has 0 atom stereocenters. The molecule has 1 aliphatic rings. The number of hydrogen-bond acceptors (Lipinski definition) is 6. The van der Waals surface area contributed by atoms with Crippen LogP contribution in [0.5, 0.6) is 11.5 Å². The van der Waals surface area contributed by atoms with E-state index in [1.54, 1.807) is 12.1 Å². The fraction of sp³-hybridized carbons (Fsp3) is 0. The van der Waals surface area contributed by atoms with Crippen LogP contribution in [0.3, 0.4) is 0 Å². The summed E-state index contributed by atoms with van der Waals surface area (Å²) >= 11 is 11.8. The van der Waals surface area contributed by atoms with E-state index in [0.29, 0.717) is 10.0 Å². The SMILES string of the molecule is O=C(Oc1ccc(OC(=O)c2ccc(Cl)cc2)c2c1C(=O)c1ccccc1C2=O)c1ccc(Cl)cc1. The first-order valence-corrected chi connectivity index (χ1v) is 11.4. The van der Waals surface area contributed by atoms with Crippen molar-refractivity contribution in [3.63, 3.8) is 0 Å². The molecule has 8 heteroatoms. The van der Waals surface area contributed by atoms with Crippen LogP contribution in [0.1, 0.15) is 52.6 Å². The molecule has 4 aromatic carbocycles. The highest BCUT2D eigenvalue weighted by molar-refractivity contribution is 6.31. The number of ketones is 2. The molecule has 176 valence electrons. The highest BCUT2D eigenvalue weighted by Crippen LogP contribution is 2.39. The van der Waals surface area contributed by atoms with Crippen molar-refractivity contribution in [1.29, 1.82) is 0 Å². The Bertz CT molecular complexity index is 1440. The Balaban J connectivity index is 1.59. The van der Waals surface area contributed by atoms with Crippen LogP contribution < -0.4 is 9.47 Å². The van der Waals surface area contributed by atoms with E-state index in [0.717, 1.165) is 0 Å². The lowest BCUT2D eigenvalue weighted by Gasteiger charge is -2.22. The van der Waals surface area contributed by atoms with E-state index in [2.05, 4.69) is 0 Å². The van der Waals surface area contributed by atoms with Gasteiger partial charge in [0.1, 0.15) is 11.5 Å². The molecule has 0 spiro atoms. The molecule has 0 heterocycles. The summed E-state index contributed by atoms with van der Waals surface area (Å²) in [6.45, 7) is 0. The van der Waals surface area contributed by atoms with Crippen molar-refractivity contribution in [1.82, 2.24) is 0 Å². The average Bonchev–Trinajstić information content (AvgIpc) is 2.88. The zero-order valence-corrected chi connectivity index (χ0v) is 19.8. The molecule has 6 nitrogen and oxygen atoms in total. The Morgan fingerprint density at radius 3 is 1.25 bits per heavy atom. The van der Waals surface area contributed by atoms with E-state index in [4.69, 9.17) is 32.7 Å². The summed E-state index contributed by atoms with van der Waals surface area (Å²) in [4.78, 5) is 52.5. The van der Waals surface area contributed by atoms with Gasteiger partial charge in [0.2, 0.25) is 0 Å². The molecule has 5 rings (SSSR count). The Morgan fingerprint density at radius 1 is 0.528 bits per heavy atom. The molecule has 0 unspecified atom stereocenters. The van der Waals surface area contributed by atoms with Crippen LogP contribution in [0, 0.1) is 0 Å². The second kappa shape index (κ2) is 9.41. The summed E-state index contributed by atoms with van der Waals surface area (Å²) in [5.74, 6) is -2.85. The minimum atomic E-state index is -0.751. The first-order chi connectivity index (χ1) is 17.3. The van der Waals surface area contributed by atoms with E-state index in [1.165, 1.54) is 72.8 Å². The van der Waals surface area contributed by atoms with Gasteiger partial charge < -0.3 is 9.47 Å². The van der Waals surface area contributed by atoms with Crippen LogP contribution in [0.15, 0.2) is 84.9 Å². The summed E-state index contributed by atoms with van der Waals surface area (Å²) in [6.07, 6.45) is 0. The lowest BCUT2D eigenvalue weighted by molar-refractivity contribution is 0.0713. The number of halogens is 2. The van der Waals surface area contributed by atoms with Crippen molar-refractivity contribution < 1.29 is 28.7 Å². The van der Waals surface area contributed by atoms with E-state index < -0.39 is 23.5 Å². The van der Waals surface area contributed by atoms with E-state index in [9.17, 15) is 19.2 Å². The number of rotatable bonds is 4. The van der Waals surface area contributed by atoms with Crippen LogP contribution >= 0.6 is 23.2 Å². The van der Waals surface area contributed by atoms with Crippen molar-refractivity contribution in [2.45, 2.75) is 0 Å². The van der Waals surface area contributed by atoms with Gasteiger partial charge in [0.05, 0.1) is 22.3 Å². The molecule has 36 heavy (non-hydrogen) atoms. The van der Waals surface area contributed by atoms with Gasteiger partial charge in [-0.2, -0.15) is 0 Å². The summed E-state index contributed by atoms with van der Waals surface area (Å²) in [5, 5.41) is 0.876. The Labute approximate surface area is 215 Å². The second-order valence-electron chi connectivity index (χ2n) is 7.81. The number of carbonyl (C=O) groups excluding carboxylic acids is 4. The molecular formula is C28H14Cl2O6. The third kappa shape index (κ3) is 4.28. The Morgan fingerprint density at radius 2 is 0.889 bits per heavy atom. The number of hydrogen-bond donors (Lipinski definition) is 0. The highest BCUT2D eigenvalue weighted by Gasteiger charge is 2.36. The Kier molecular flexibility index (Phi) is 6.14. The summed E-state index contributed by atoms with van der Waals surface area (Å²) in [5.41, 5.74) is 0.368. The van der Waals surface area contributed by atoms with Crippen LogP contribution in [0.4, 0.5) is 0 Å². The normalized spacial score (nSPS) is 11.9. The largest absolute Gasteiger partial charge is 0.422 e. The zero-order valence-electron chi connectivity index (χ0n) is 18.3. The summed E-state index contributed by atoms with van der Waals surface area (Å²) < 4.78 is 11.0. The van der Waals surface area contributed by atoms with E-state index >= 15 is 0 Å². The van der Waals surface area contributed by atoms with Crippen LogP contribution in [0.2, 0.25) is 10.0 Å². The molecular weight excluding hydrogens is 503 g/mol. The molecule has 0 fully saturated rings. The fourth-order valence-corrected chi connectivity index (χ4v) is 4.08. The molecule has 4 aromatic rings. The van der Waals surface area contributed by atoms with Gasteiger partial charge in [0.25, 0.3) is 0 Å². The van der Waals surface area contributed by atoms with Gasteiger partial charge in [-0.15, -0.1) is 0 Å². The van der Waals surface area contributed by atoms with Gasteiger partial charge in [0, 0.05) is 21.2 Å². The van der Waals surface area contributed by atoms with Crippen molar-refractivity contribution in [3.05, 3.63) is 128 Å². The first-order valence-electron chi connectivity index (χ1n) is 10.6. The average molecular weight is 517 g/mol. The number of carbonyl (C=O) groups is 4. The number of benzene rings is 4. The van der Waals surface area contributed by atoms with Gasteiger partial charge in [-0.1, -0.05) is 47.5 Å². The molecule has 0 aromatic heterocycles. The Hall–Kier alpha value is -4.26. The van der Waals surface area contributed by atoms with Crippen molar-refractivity contribution >= 4 is 46.7 Å². The van der Waals surface area contributed by atoms with Gasteiger partial charge in [-0.05, 0) is 60.7 Å². The maximum absolute atomic E-state index is 13.5. The molecule has 0 bridgehead atoms. The maximum Gasteiger partial charge on any atom is 0.343 e. The molecule has 0 radical (unpaired) electrons. The van der Waals surface area contributed by atoms with Gasteiger partial charge >= 0.3 is 11.9 Å².